The molecule has 3 atom stereocenters. The van der Waals surface area contributed by atoms with Crippen molar-refractivity contribution in [1.82, 2.24) is 10.6 Å². The number of ether oxygens (including phenoxy) is 2. The third-order valence-electron chi connectivity index (χ3n) is 6.47. The van der Waals surface area contributed by atoms with Gasteiger partial charge in [-0.1, -0.05) is 76.9 Å². The predicted octanol–water partition coefficient (Wildman–Crippen LogP) is 6.92. The monoisotopic (exact) mass is 673 g/mol. The Morgan fingerprint density at radius 3 is 2.16 bits per heavy atom. The highest BCUT2D eigenvalue weighted by atomic mass is 79.9. The predicted molar refractivity (Wildman–Crippen MR) is 171 cm³/mol. The average Bonchev–Trinajstić information content (AvgIpc) is 2.95. The van der Waals surface area contributed by atoms with Crippen molar-refractivity contribution < 1.29 is 29.0 Å². The van der Waals surface area contributed by atoms with E-state index in [9.17, 15) is 19.5 Å². The second-order valence-corrected chi connectivity index (χ2v) is 12.1. The first kappa shape index (κ1) is 33.9. The summed E-state index contributed by atoms with van der Waals surface area (Å²) in [5.74, 6) is -1.07. The van der Waals surface area contributed by atoms with Crippen molar-refractivity contribution in [2.75, 3.05) is 18.5 Å². The lowest BCUT2D eigenvalue weighted by molar-refractivity contribution is -0.128. The summed E-state index contributed by atoms with van der Waals surface area (Å²) < 4.78 is 12.1. The minimum atomic E-state index is -1.39. The molecule has 0 fully saturated rings. The second kappa shape index (κ2) is 15.7. The summed E-state index contributed by atoms with van der Waals surface area (Å²) in [5.41, 5.74) is 1.31. The summed E-state index contributed by atoms with van der Waals surface area (Å²) in [5, 5.41) is 17.8. The summed E-state index contributed by atoms with van der Waals surface area (Å²) >= 11 is 9.70. The first-order valence-electron chi connectivity index (χ1n) is 13.9. The van der Waals surface area contributed by atoms with Gasteiger partial charge in [-0.3, -0.25) is 9.59 Å². The zero-order chi connectivity index (χ0) is 31.6. The normalized spacial score (nSPS) is 13.3. The van der Waals surface area contributed by atoms with Gasteiger partial charge in [0, 0.05) is 10.4 Å². The van der Waals surface area contributed by atoms with Crippen molar-refractivity contribution in [3.05, 3.63) is 93.4 Å². The number of anilines is 1. The van der Waals surface area contributed by atoms with Crippen LogP contribution < -0.4 is 20.7 Å². The molecule has 3 rings (SSSR count). The van der Waals surface area contributed by atoms with E-state index in [2.05, 4.69) is 31.9 Å². The SMILES string of the molecule is CC[C@@H](c1ccccc1)[C@H](NC(=O)[C@H](NC(=O)O)c1ccc(OCCOC(C)(C)C)cc1)C(=O)Nc1ccc(Br)cc1Cl. The minimum absolute atomic E-state index is 0.285. The standard InChI is InChI=1S/C32H37BrClN3O6/c1-5-24(20-9-7-6-8-10-20)28(30(39)35-26-16-13-22(33)19-25(26)34)36-29(38)27(37-31(40)41)21-11-14-23(15-12-21)42-17-18-43-32(2,3)4/h6-16,19,24,27-28,37H,5,17-18H2,1-4H3,(H,35,39)(H,36,38)(H,40,41)/t24-,27+,28-/m0/s1. The Labute approximate surface area is 265 Å². The first-order chi connectivity index (χ1) is 20.4. The van der Waals surface area contributed by atoms with E-state index < -0.39 is 35.9 Å². The topological polar surface area (TPSA) is 126 Å². The number of carbonyl (C=O) groups is 3. The van der Waals surface area contributed by atoms with E-state index in [4.69, 9.17) is 21.1 Å². The Balaban J connectivity index is 1.85. The average molecular weight is 675 g/mol. The van der Waals surface area contributed by atoms with Gasteiger partial charge in [-0.2, -0.15) is 0 Å². The van der Waals surface area contributed by atoms with Crippen LogP contribution >= 0.6 is 27.5 Å². The number of rotatable bonds is 13. The van der Waals surface area contributed by atoms with Crippen LogP contribution in [0, 0.1) is 0 Å². The molecule has 0 saturated carbocycles. The summed E-state index contributed by atoms with van der Waals surface area (Å²) in [7, 11) is 0. The molecule has 0 aliphatic rings. The zero-order valence-corrected chi connectivity index (χ0v) is 26.9. The largest absolute Gasteiger partial charge is 0.491 e. The summed E-state index contributed by atoms with van der Waals surface area (Å²) in [6.07, 6.45) is -0.879. The van der Waals surface area contributed by atoms with Crippen LogP contribution in [0.25, 0.3) is 0 Å². The molecule has 0 saturated heterocycles. The van der Waals surface area contributed by atoms with Crippen LogP contribution in [0.3, 0.4) is 0 Å². The maximum Gasteiger partial charge on any atom is 0.405 e. The van der Waals surface area contributed by atoms with E-state index in [0.29, 0.717) is 41.7 Å². The van der Waals surface area contributed by atoms with E-state index in [1.807, 2.05) is 58.0 Å². The van der Waals surface area contributed by atoms with Gasteiger partial charge in [0.2, 0.25) is 11.8 Å². The van der Waals surface area contributed by atoms with Gasteiger partial charge in [-0.05, 0) is 68.7 Å². The number of benzene rings is 3. The van der Waals surface area contributed by atoms with Gasteiger partial charge >= 0.3 is 6.09 Å². The van der Waals surface area contributed by atoms with E-state index in [0.717, 1.165) is 10.0 Å². The fourth-order valence-corrected chi connectivity index (χ4v) is 5.16. The second-order valence-electron chi connectivity index (χ2n) is 10.8. The highest BCUT2D eigenvalue weighted by Crippen LogP contribution is 2.29. The van der Waals surface area contributed by atoms with Crippen LogP contribution in [0.5, 0.6) is 5.75 Å². The molecule has 0 spiro atoms. The molecule has 230 valence electrons. The smallest absolute Gasteiger partial charge is 0.405 e. The van der Waals surface area contributed by atoms with Crippen LogP contribution in [-0.4, -0.2) is 47.9 Å². The van der Waals surface area contributed by atoms with Crippen LogP contribution in [0.4, 0.5) is 10.5 Å². The number of hydrogen-bond acceptors (Lipinski definition) is 5. The molecule has 0 heterocycles. The van der Waals surface area contributed by atoms with E-state index in [1.54, 1.807) is 42.5 Å². The molecule has 11 heteroatoms. The fraction of sp³-hybridized carbons (Fsp3) is 0.344. The van der Waals surface area contributed by atoms with E-state index in [1.165, 1.54) is 0 Å². The summed E-state index contributed by atoms with van der Waals surface area (Å²) in [6, 6.07) is 18.5. The number of nitrogens with one attached hydrogen (secondary N) is 3. The molecule has 3 aromatic rings. The molecule has 0 bridgehead atoms. The summed E-state index contributed by atoms with van der Waals surface area (Å²) in [6.45, 7) is 8.49. The van der Waals surface area contributed by atoms with Crippen LogP contribution in [-0.2, 0) is 14.3 Å². The molecular weight excluding hydrogens is 638 g/mol. The lowest BCUT2D eigenvalue weighted by Gasteiger charge is -2.29. The van der Waals surface area contributed by atoms with Gasteiger partial charge in [0.05, 0.1) is 22.9 Å². The number of carboxylic acid groups (broad SMARTS) is 1. The van der Waals surface area contributed by atoms with Crippen molar-refractivity contribution in [2.45, 2.75) is 57.7 Å². The third kappa shape index (κ3) is 10.6. The minimum Gasteiger partial charge on any atom is -0.491 e. The molecular formula is C32H37BrClN3O6. The Hall–Kier alpha value is -3.60. The van der Waals surface area contributed by atoms with Gasteiger partial charge in [0.15, 0.2) is 0 Å². The van der Waals surface area contributed by atoms with E-state index >= 15 is 0 Å². The molecule has 0 aromatic heterocycles. The Kier molecular flexibility index (Phi) is 12.4. The zero-order valence-electron chi connectivity index (χ0n) is 24.5. The van der Waals surface area contributed by atoms with Crippen LogP contribution in [0.2, 0.25) is 5.02 Å². The van der Waals surface area contributed by atoms with Gasteiger partial charge in [0.25, 0.3) is 0 Å². The van der Waals surface area contributed by atoms with Gasteiger partial charge < -0.3 is 30.5 Å². The Morgan fingerprint density at radius 2 is 1.58 bits per heavy atom. The number of carbonyl (C=O) groups excluding carboxylic acids is 2. The lowest BCUT2D eigenvalue weighted by Crippen LogP contribution is -2.51. The van der Waals surface area contributed by atoms with Crippen molar-refractivity contribution in [1.29, 1.82) is 0 Å². The molecule has 9 nitrogen and oxygen atoms in total. The van der Waals surface area contributed by atoms with Gasteiger partial charge in [0.1, 0.15) is 24.4 Å². The first-order valence-corrected chi connectivity index (χ1v) is 15.0. The molecule has 3 amide bonds. The van der Waals surface area contributed by atoms with Crippen molar-refractivity contribution in [2.24, 2.45) is 0 Å². The number of hydrogen-bond donors (Lipinski definition) is 4. The van der Waals surface area contributed by atoms with Crippen molar-refractivity contribution in [3.63, 3.8) is 0 Å². The Morgan fingerprint density at radius 1 is 0.907 bits per heavy atom. The van der Waals surface area contributed by atoms with E-state index in [-0.39, 0.29) is 5.60 Å². The molecule has 0 aliphatic heterocycles. The molecule has 3 aromatic carbocycles. The summed E-state index contributed by atoms with van der Waals surface area (Å²) in [4.78, 5) is 39.1. The fourth-order valence-electron chi connectivity index (χ4n) is 4.44. The molecule has 0 unspecified atom stereocenters. The molecule has 0 radical (unpaired) electrons. The maximum atomic E-state index is 13.7. The number of halogens is 2. The van der Waals surface area contributed by atoms with Crippen LogP contribution in [0.1, 0.15) is 57.2 Å². The van der Waals surface area contributed by atoms with Gasteiger partial charge in [-0.15, -0.1) is 0 Å². The van der Waals surface area contributed by atoms with Crippen molar-refractivity contribution >= 4 is 51.1 Å². The number of amides is 3. The molecule has 4 N–H and O–H groups in total. The van der Waals surface area contributed by atoms with Gasteiger partial charge in [-0.25, -0.2) is 4.79 Å². The lowest BCUT2D eigenvalue weighted by atomic mass is 9.88. The Bertz CT molecular complexity index is 1380. The van der Waals surface area contributed by atoms with Crippen LogP contribution in [0.15, 0.2) is 77.3 Å². The molecule has 0 aliphatic carbocycles. The highest BCUT2D eigenvalue weighted by molar-refractivity contribution is 9.10. The quantitative estimate of drug-likeness (QED) is 0.146. The molecule has 43 heavy (non-hydrogen) atoms. The third-order valence-corrected chi connectivity index (χ3v) is 7.28. The van der Waals surface area contributed by atoms with Crippen molar-refractivity contribution in [3.8, 4) is 5.75 Å². The highest BCUT2D eigenvalue weighted by Gasteiger charge is 2.33. The maximum absolute atomic E-state index is 13.7.